The van der Waals surface area contributed by atoms with Crippen LogP contribution in [0.3, 0.4) is 0 Å². The summed E-state index contributed by atoms with van der Waals surface area (Å²) in [7, 11) is 0. The SMILES string of the molecule is CC(C)(C)CCNC(=O)c1ccc2c(c1)CNC2. The summed E-state index contributed by atoms with van der Waals surface area (Å²) < 4.78 is 0. The van der Waals surface area contributed by atoms with Crippen molar-refractivity contribution in [1.82, 2.24) is 10.6 Å². The molecule has 18 heavy (non-hydrogen) atoms. The minimum absolute atomic E-state index is 0.0361. The van der Waals surface area contributed by atoms with Crippen LogP contribution in [0.5, 0.6) is 0 Å². The molecule has 0 fully saturated rings. The van der Waals surface area contributed by atoms with Crippen molar-refractivity contribution in [3.8, 4) is 0 Å². The van der Waals surface area contributed by atoms with Gasteiger partial charge in [-0.3, -0.25) is 4.79 Å². The molecule has 3 nitrogen and oxygen atoms in total. The Hall–Kier alpha value is -1.35. The normalized spacial score (nSPS) is 14.4. The van der Waals surface area contributed by atoms with Crippen LogP contribution in [0.25, 0.3) is 0 Å². The lowest BCUT2D eigenvalue weighted by molar-refractivity contribution is 0.0949. The minimum atomic E-state index is 0.0361. The first-order valence-corrected chi connectivity index (χ1v) is 6.56. The molecule has 0 aliphatic carbocycles. The van der Waals surface area contributed by atoms with Crippen LogP contribution in [0.15, 0.2) is 18.2 Å². The molecule has 0 radical (unpaired) electrons. The number of carbonyl (C=O) groups is 1. The molecule has 1 aromatic carbocycles. The first-order chi connectivity index (χ1) is 8.46. The van der Waals surface area contributed by atoms with Crippen molar-refractivity contribution in [3.05, 3.63) is 34.9 Å². The fourth-order valence-electron chi connectivity index (χ4n) is 2.09. The Labute approximate surface area is 109 Å². The quantitative estimate of drug-likeness (QED) is 0.860. The molecule has 0 saturated heterocycles. The van der Waals surface area contributed by atoms with E-state index >= 15 is 0 Å². The summed E-state index contributed by atoms with van der Waals surface area (Å²) in [6.45, 7) is 9.07. The number of hydrogen-bond acceptors (Lipinski definition) is 2. The Balaban J connectivity index is 1.93. The summed E-state index contributed by atoms with van der Waals surface area (Å²) in [6.07, 6.45) is 0.991. The fourth-order valence-corrected chi connectivity index (χ4v) is 2.09. The number of benzene rings is 1. The summed E-state index contributed by atoms with van der Waals surface area (Å²) in [5, 5.41) is 6.27. The van der Waals surface area contributed by atoms with Gasteiger partial charge in [-0.25, -0.2) is 0 Å². The van der Waals surface area contributed by atoms with Crippen molar-refractivity contribution < 1.29 is 4.79 Å². The van der Waals surface area contributed by atoms with Gasteiger partial charge in [0, 0.05) is 25.2 Å². The van der Waals surface area contributed by atoms with Gasteiger partial charge in [0.25, 0.3) is 5.91 Å². The molecule has 1 aliphatic heterocycles. The molecule has 0 spiro atoms. The fraction of sp³-hybridized carbons (Fsp3) is 0.533. The zero-order chi connectivity index (χ0) is 13.2. The number of carbonyl (C=O) groups excluding carboxylic acids is 1. The van der Waals surface area contributed by atoms with Gasteiger partial charge in [0.2, 0.25) is 0 Å². The zero-order valence-electron chi connectivity index (χ0n) is 11.5. The smallest absolute Gasteiger partial charge is 0.251 e. The Morgan fingerprint density at radius 3 is 2.72 bits per heavy atom. The predicted octanol–water partition coefficient (Wildman–Crippen LogP) is 2.46. The maximum Gasteiger partial charge on any atom is 0.251 e. The highest BCUT2D eigenvalue weighted by atomic mass is 16.1. The molecule has 0 bridgehead atoms. The van der Waals surface area contributed by atoms with Crippen LogP contribution in [0.4, 0.5) is 0 Å². The summed E-state index contributed by atoms with van der Waals surface area (Å²) in [4.78, 5) is 12.0. The maximum absolute atomic E-state index is 12.0. The van der Waals surface area contributed by atoms with E-state index < -0.39 is 0 Å². The summed E-state index contributed by atoms with van der Waals surface area (Å²) >= 11 is 0. The number of fused-ring (bicyclic) bond motifs is 1. The molecular formula is C15H22N2O. The molecule has 0 unspecified atom stereocenters. The van der Waals surface area contributed by atoms with Crippen molar-refractivity contribution in [2.45, 2.75) is 40.3 Å². The van der Waals surface area contributed by atoms with Crippen molar-refractivity contribution >= 4 is 5.91 Å². The van der Waals surface area contributed by atoms with Crippen LogP contribution in [0.2, 0.25) is 0 Å². The van der Waals surface area contributed by atoms with Crippen LogP contribution in [-0.4, -0.2) is 12.5 Å². The van der Waals surface area contributed by atoms with E-state index in [0.717, 1.165) is 31.6 Å². The van der Waals surface area contributed by atoms with Gasteiger partial charge in [0.05, 0.1) is 0 Å². The van der Waals surface area contributed by atoms with Crippen molar-refractivity contribution in [1.29, 1.82) is 0 Å². The molecule has 2 rings (SSSR count). The third-order valence-electron chi connectivity index (χ3n) is 3.26. The highest BCUT2D eigenvalue weighted by Crippen LogP contribution is 2.18. The van der Waals surface area contributed by atoms with E-state index in [1.807, 2.05) is 18.2 Å². The van der Waals surface area contributed by atoms with E-state index in [1.165, 1.54) is 11.1 Å². The van der Waals surface area contributed by atoms with Crippen LogP contribution in [0, 0.1) is 5.41 Å². The van der Waals surface area contributed by atoms with Crippen LogP contribution >= 0.6 is 0 Å². The Morgan fingerprint density at radius 2 is 2.00 bits per heavy atom. The summed E-state index contributed by atoms with van der Waals surface area (Å²) in [6, 6.07) is 5.97. The van der Waals surface area contributed by atoms with Gasteiger partial charge >= 0.3 is 0 Å². The lowest BCUT2D eigenvalue weighted by Crippen LogP contribution is -2.27. The second-order valence-corrected chi connectivity index (χ2v) is 6.15. The number of hydrogen-bond donors (Lipinski definition) is 2. The Morgan fingerprint density at radius 1 is 1.28 bits per heavy atom. The maximum atomic E-state index is 12.0. The van der Waals surface area contributed by atoms with Crippen molar-refractivity contribution in [2.75, 3.05) is 6.54 Å². The van der Waals surface area contributed by atoms with Crippen LogP contribution in [0.1, 0.15) is 48.7 Å². The van der Waals surface area contributed by atoms with Crippen LogP contribution in [-0.2, 0) is 13.1 Å². The average Bonchev–Trinajstić information content (AvgIpc) is 2.73. The molecule has 3 heteroatoms. The van der Waals surface area contributed by atoms with Gasteiger partial charge in [0.15, 0.2) is 0 Å². The summed E-state index contributed by atoms with van der Waals surface area (Å²) in [5.41, 5.74) is 3.58. The number of rotatable bonds is 3. The molecule has 0 saturated carbocycles. The standard InChI is InChI=1S/C15H22N2O/c1-15(2,3)6-7-17-14(18)11-4-5-12-9-16-10-13(12)8-11/h4-5,8,16H,6-7,9-10H2,1-3H3,(H,17,18). The third kappa shape index (κ3) is 3.33. The number of nitrogens with one attached hydrogen (secondary N) is 2. The molecule has 1 amide bonds. The van der Waals surface area contributed by atoms with Gasteiger partial charge in [-0.2, -0.15) is 0 Å². The lowest BCUT2D eigenvalue weighted by Gasteiger charge is -2.18. The molecule has 1 heterocycles. The zero-order valence-corrected chi connectivity index (χ0v) is 11.5. The minimum Gasteiger partial charge on any atom is -0.352 e. The van der Waals surface area contributed by atoms with Gasteiger partial charge in [-0.1, -0.05) is 26.8 Å². The predicted molar refractivity (Wildman–Crippen MR) is 73.4 cm³/mol. The molecule has 1 aliphatic rings. The van der Waals surface area contributed by atoms with Gasteiger partial charge < -0.3 is 10.6 Å². The Bertz CT molecular complexity index is 446. The first kappa shape index (κ1) is 13.1. The molecule has 0 atom stereocenters. The van der Waals surface area contributed by atoms with E-state index in [-0.39, 0.29) is 11.3 Å². The van der Waals surface area contributed by atoms with Crippen molar-refractivity contribution in [2.24, 2.45) is 5.41 Å². The second kappa shape index (κ2) is 5.11. The lowest BCUT2D eigenvalue weighted by atomic mass is 9.92. The average molecular weight is 246 g/mol. The number of amides is 1. The van der Waals surface area contributed by atoms with E-state index in [4.69, 9.17) is 0 Å². The van der Waals surface area contributed by atoms with Crippen molar-refractivity contribution in [3.63, 3.8) is 0 Å². The largest absolute Gasteiger partial charge is 0.352 e. The summed E-state index contributed by atoms with van der Waals surface area (Å²) in [5.74, 6) is 0.0361. The third-order valence-corrected chi connectivity index (χ3v) is 3.26. The van der Waals surface area contributed by atoms with E-state index in [9.17, 15) is 4.79 Å². The molecule has 2 N–H and O–H groups in total. The van der Waals surface area contributed by atoms with E-state index in [0.29, 0.717) is 0 Å². The highest BCUT2D eigenvalue weighted by Gasteiger charge is 2.14. The van der Waals surface area contributed by atoms with E-state index in [1.54, 1.807) is 0 Å². The van der Waals surface area contributed by atoms with E-state index in [2.05, 4.69) is 31.4 Å². The highest BCUT2D eigenvalue weighted by molar-refractivity contribution is 5.94. The monoisotopic (exact) mass is 246 g/mol. The topological polar surface area (TPSA) is 41.1 Å². The molecule has 98 valence electrons. The van der Waals surface area contributed by atoms with Gasteiger partial charge in [-0.05, 0) is 35.1 Å². The Kier molecular flexibility index (Phi) is 3.71. The second-order valence-electron chi connectivity index (χ2n) is 6.15. The van der Waals surface area contributed by atoms with Gasteiger partial charge in [0.1, 0.15) is 0 Å². The molecule has 1 aromatic rings. The molecular weight excluding hydrogens is 224 g/mol. The van der Waals surface area contributed by atoms with Crippen LogP contribution < -0.4 is 10.6 Å². The molecule has 0 aromatic heterocycles. The van der Waals surface area contributed by atoms with Gasteiger partial charge in [-0.15, -0.1) is 0 Å². The first-order valence-electron chi connectivity index (χ1n) is 6.56.